The van der Waals surface area contributed by atoms with Crippen LogP contribution in [0, 0.1) is 5.92 Å². The SMILES string of the molecule is CC(C)Cn1nc(C(=O)Nc2ccccc2C(=O)NCc2ccc3c(c2)OCO3)c2ccccc2c1=O. The van der Waals surface area contributed by atoms with E-state index in [1.54, 1.807) is 54.6 Å². The van der Waals surface area contributed by atoms with Gasteiger partial charge in [0, 0.05) is 18.5 Å². The molecule has 188 valence electrons. The summed E-state index contributed by atoms with van der Waals surface area (Å²) in [5, 5.41) is 11.0. The lowest BCUT2D eigenvalue weighted by molar-refractivity contribution is 0.0951. The zero-order chi connectivity index (χ0) is 25.9. The smallest absolute Gasteiger partial charge is 0.276 e. The van der Waals surface area contributed by atoms with Crippen LogP contribution in [-0.2, 0) is 13.1 Å². The fourth-order valence-corrected chi connectivity index (χ4v) is 4.17. The molecule has 0 spiro atoms. The van der Waals surface area contributed by atoms with Gasteiger partial charge in [-0.15, -0.1) is 0 Å². The third-order valence-electron chi connectivity index (χ3n) is 5.93. The van der Waals surface area contributed by atoms with E-state index >= 15 is 0 Å². The average molecular weight is 499 g/mol. The number of benzene rings is 3. The summed E-state index contributed by atoms with van der Waals surface area (Å²) in [7, 11) is 0. The zero-order valence-electron chi connectivity index (χ0n) is 20.5. The standard InChI is InChI=1S/C28H26N4O5/c1-17(2)15-32-28(35)20-8-4-3-7-19(20)25(31-32)27(34)30-22-10-6-5-9-21(22)26(33)29-14-18-11-12-23-24(13-18)37-16-36-23/h3-13,17H,14-16H2,1-2H3,(H,29,33)(H,30,34). The van der Waals surface area contributed by atoms with Crippen molar-refractivity contribution < 1.29 is 19.1 Å². The molecule has 37 heavy (non-hydrogen) atoms. The Kier molecular flexibility index (Phi) is 6.59. The van der Waals surface area contributed by atoms with Gasteiger partial charge in [0.1, 0.15) is 0 Å². The number of rotatable bonds is 7. The molecule has 1 aliphatic rings. The van der Waals surface area contributed by atoms with Crippen LogP contribution < -0.4 is 25.7 Å². The average Bonchev–Trinajstić information content (AvgIpc) is 3.37. The third-order valence-corrected chi connectivity index (χ3v) is 5.93. The van der Waals surface area contributed by atoms with Crippen molar-refractivity contribution in [3.05, 3.63) is 93.9 Å². The molecule has 0 saturated heterocycles. The minimum atomic E-state index is -0.510. The first-order valence-corrected chi connectivity index (χ1v) is 12.0. The highest BCUT2D eigenvalue weighted by atomic mass is 16.7. The maximum absolute atomic E-state index is 13.4. The first-order chi connectivity index (χ1) is 17.9. The molecule has 1 aliphatic heterocycles. The van der Waals surface area contributed by atoms with Crippen LogP contribution in [0.4, 0.5) is 5.69 Å². The van der Waals surface area contributed by atoms with Gasteiger partial charge in [-0.2, -0.15) is 5.10 Å². The molecule has 0 aliphatic carbocycles. The van der Waals surface area contributed by atoms with Gasteiger partial charge in [-0.3, -0.25) is 14.4 Å². The summed E-state index contributed by atoms with van der Waals surface area (Å²) in [6, 6.07) is 19.1. The Balaban J connectivity index is 1.39. The molecule has 0 unspecified atom stereocenters. The number of para-hydroxylation sites is 1. The van der Waals surface area contributed by atoms with Gasteiger partial charge in [0.05, 0.1) is 16.6 Å². The summed E-state index contributed by atoms with van der Waals surface area (Å²) in [5.74, 6) is 0.610. The van der Waals surface area contributed by atoms with Gasteiger partial charge in [0.2, 0.25) is 6.79 Å². The lowest BCUT2D eigenvalue weighted by Gasteiger charge is -2.14. The molecule has 2 heterocycles. The lowest BCUT2D eigenvalue weighted by atomic mass is 10.1. The van der Waals surface area contributed by atoms with Crippen LogP contribution in [-0.4, -0.2) is 28.4 Å². The minimum absolute atomic E-state index is 0.117. The summed E-state index contributed by atoms with van der Waals surface area (Å²) in [6.45, 7) is 4.77. The number of ether oxygens (including phenoxy) is 2. The lowest BCUT2D eigenvalue weighted by Crippen LogP contribution is -2.29. The molecule has 0 atom stereocenters. The third kappa shape index (κ3) is 5.02. The molecule has 0 radical (unpaired) electrons. The van der Waals surface area contributed by atoms with Gasteiger partial charge in [-0.1, -0.05) is 50.2 Å². The van der Waals surface area contributed by atoms with Gasteiger partial charge < -0.3 is 20.1 Å². The second-order valence-corrected chi connectivity index (χ2v) is 9.15. The predicted octanol–water partition coefficient (Wildman–Crippen LogP) is 3.96. The molecule has 9 heteroatoms. The van der Waals surface area contributed by atoms with Crippen LogP contribution in [0.5, 0.6) is 11.5 Å². The van der Waals surface area contributed by atoms with Gasteiger partial charge in [0.25, 0.3) is 17.4 Å². The van der Waals surface area contributed by atoms with Crippen molar-refractivity contribution in [1.82, 2.24) is 15.1 Å². The maximum Gasteiger partial charge on any atom is 0.276 e. The first kappa shape index (κ1) is 24.1. The quantitative estimate of drug-likeness (QED) is 0.399. The van der Waals surface area contributed by atoms with E-state index in [0.717, 1.165) is 5.56 Å². The Bertz CT molecular complexity index is 1560. The van der Waals surface area contributed by atoms with E-state index in [1.165, 1.54) is 4.68 Å². The molecule has 5 rings (SSSR count). The van der Waals surface area contributed by atoms with E-state index in [-0.39, 0.29) is 36.4 Å². The Labute approximate surface area is 213 Å². The Morgan fingerprint density at radius 2 is 1.68 bits per heavy atom. The van der Waals surface area contributed by atoms with E-state index in [2.05, 4.69) is 15.7 Å². The number of hydrogen-bond donors (Lipinski definition) is 2. The molecular formula is C28H26N4O5. The molecule has 1 aromatic heterocycles. The minimum Gasteiger partial charge on any atom is -0.454 e. The number of amides is 2. The van der Waals surface area contributed by atoms with Gasteiger partial charge in [0.15, 0.2) is 17.2 Å². The molecular weight excluding hydrogens is 472 g/mol. The summed E-state index contributed by atoms with van der Waals surface area (Å²) in [4.78, 5) is 39.3. The van der Waals surface area contributed by atoms with E-state index < -0.39 is 5.91 Å². The van der Waals surface area contributed by atoms with Crippen LogP contribution in [0.2, 0.25) is 0 Å². The number of nitrogens with zero attached hydrogens (tertiary/aromatic N) is 2. The van der Waals surface area contributed by atoms with Crippen LogP contribution in [0.1, 0.15) is 40.3 Å². The van der Waals surface area contributed by atoms with Crippen molar-refractivity contribution >= 4 is 28.3 Å². The monoisotopic (exact) mass is 498 g/mol. The van der Waals surface area contributed by atoms with Crippen molar-refractivity contribution in [2.75, 3.05) is 12.1 Å². The second kappa shape index (κ2) is 10.1. The molecule has 0 fully saturated rings. The van der Waals surface area contributed by atoms with E-state index in [4.69, 9.17) is 9.47 Å². The topological polar surface area (TPSA) is 112 Å². The van der Waals surface area contributed by atoms with E-state index in [0.29, 0.717) is 40.1 Å². The van der Waals surface area contributed by atoms with Crippen molar-refractivity contribution in [3.8, 4) is 11.5 Å². The highest BCUT2D eigenvalue weighted by Crippen LogP contribution is 2.32. The van der Waals surface area contributed by atoms with Gasteiger partial charge in [-0.05, 0) is 41.8 Å². The molecule has 0 bridgehead atoms. The fourth-order valence-electron chi connectivity index (χ4n) is 4.17. The van der Waals surface area contributed by atoms with Gasteiger partial charge in [-0.25, -0.2) is 4.68 Å². The Morgan fingerprint density at radius 1 is 0.946 bits per heavy atom. The maximum atomic E-state index is 13.4. The highest BCUT2D eigenvalue weighted by molar-refractivity contribution is 6.13. The summed E-state index contributed by atoms with van der Waals surface area (Å²) >= 11 is 0. The summed E-state index contributed by atoms with van der Waals surface area (Å²) < 4.78 is 12.0. The van der Waals surface area contributed by atoms with Crippen LogP contribution in [0.15, 0.2) is 71.5 Å². The molecule has 3 aromatic carbocycles. The van der Waals surface area contributed by atoms with Crippen LogP contribution >= 0.6 is 0 Å². The summed E-state index contributed by atoms with van der Waals surface area (Å²) in [5.41, 5.74) is 1.36. The predicted molar refractivity (Wildman–Crippen MR) is 139 cm³/mol. The largest absolute Gasteiger partial charge is 0.454 e. The fraction of sp³-hybridized carbons (Fsp3) is 0.214. The molecule has 2 N–H and O–H groups in total. The number of nitrogens with one attached hydrogen (secondary N) is 2. The highest BCUT2D eigenvalue weighted by Gasteiger charge is 2.20. The summed E-state index contributed by atoms with van der Waals surface area (Å²) in [6.07, 6.45) is 0. The Morgan fingerprint density at radius 3 is 2.49 bits per heavy atom. The van der Waals surface area contributed by atoms with Crippen molar-refractivity contribution in [2.24, 2.45) is 5.92 Å². The number of hydrogen-bond acceptors (Lipinski definition) is 6. The van der Waals surface area contributed by atoms with Crippen molar-refractivity contribution in [1.29, 1.82) is 0 Å². The molecule has 4 aromatic rings. The zero-order valence-corrected chi connectivity index (χ0v) is 20.5. The molecule has 2 amide bonds. The number of anilines is 1. The first-order valence-electron chi connectivity index (χ1n) is 12.0. The van der Waals surface area contributed by atoms with E-state index in [1.807, 2.05) is 26.0 Å². The van der Waals surface area contributed by atoms with Crippen molar-refractivity contribution in [2.45, 2.75) is 26.9 Å². The number of carbonyl (C=O) groups is 2. The molecule has 0 saturated carbocycles. The van der Waals surface area contributed by atoms with Gasteiger partial charge >= 0.3 is 0 Å². The second-order valence-electron chi connectivity index (χ2n) is 9.15. The van der Waals surface area contributed by atoms with Crippen LogP contribution in [0.25, 0.3) is 10.8 Å². The van der Waals surface area contributed by atoms with Crippen molar-refractivity contribution in [3.63, 3.8) is 0 Å². The molecule has 9 nitrogen and oxygen atoms in total. The number of aromatic nitrogens is 2. The number of fused-ring (bicyclic) bond motifs is 2. The van der Waals surface area contributed by atoms with E-state index in [9.17, 15) is 14.4 Å². The normalized spacial score (nSPS) is 12.1. The Hall–Kier alpha value is -4.66. The number of carbonyl (C=O) groups excluding carboxylic acids is 2. The van der Waals surface area contributed by atoms with Crippen LogP contribution in [0.3, 0.4) is 0 Å².